The van der Waals surface area contributed by atoms with Gasteiger partial charge in [-0.2, -0.15) is 0 Å². The van der Waals surface area contributed by atoms with E-state index in [1.807, 2.05) is 25.5 Å². The van der Waals surface area contributed by atoms with E-state index in [2.05, 4.69) is 22.2 Å². The molecule has 94 valence electrons. The molecule has 2 rings (SSSR count). The van der Waals surface area contributed by atoms with Crippen LogP contribution in [0.15, 0.2) is 18.5 Å². The van der Waals surface area contributed by atoms with Crippen LogP contribution in [0, 0.1) is 11.8 Å². The highest BCUT2D eigenvalue weighted by Gasteiger charge is 2.28. The van der Waals surface area contributed by atoms with Crippen LogP contribution in [-0.4, -0.2) is 17.0 Å². The number of rotatable bonds is 4. The Kier molecular flexibility index (Phi) is 4.49. The van der Waals surface area contributed by atoms with Gasteiger partial charge in [0.05, 0.1) is 6.04 Å². The van der Waals surface area contributed by atoms with Gasteiger partial charge in [0, 0.05) is 12.4 Å². The number of aromatic nitrogens is 2. The van der Waals surface area contributed by atoms with Crippen LogP contribution >= 0.6 is 0 Å². The van der Waals surface area contributed by atoms with Gasteiger partial charge in [-0.3, -0.25) is 0 Å². The van der Waals surface area contributed by atoms with E-state index < -0.39 is 0 Å². The summed E-state index contributed by atoms with van der Waals surface area (Å²) >= 11 is 0. The van der Waals surface area contributed by atoms with Gasteiger partial charge in [-0.1, -0.05) is 26.2 Å². The number of hydrogen-bond donors (Lipinski definition) is 1. The summed E-state index contributed by atoms with van der Waals surface area (Å²) in [5.74, 6) is 2.60. The molecule has 0 aromatic carbocycles. The van der Waals surface area contributed by atoms with Crippen LogP contribution in [-0.2, 0) is 0 Å². The molecule has 1 aliphatic rings. The first-order valence-electron chi connectivity index (χ1n) is 6.79. The summed E-state index contributed by atoms with van der Waals surface area (Å²) in [6.45, 7) is 2.31. The van der Waals surface area contributed by atoms with Gasteiger partial charge >= 0.3 is 0 Å². The van der Waals surface area contributed by atoms with Crippen molar-refractivity contribution in [2.45, 2.75) is 45.1 Å². The van der Waals surface area contributed by atoms with Gasteiger partial charge in [0.2, 0.25) is 0 Å². The molecule has 0 radical (unpaired) electrons. The van der Waals surface area contributed by atoms with E-state index in [4.69, 9.17) is 0 Å². The lowest BCUT2D eigenvalue weighted by atomic mass is 9.77. The highest BCUT2D eigenvalue weighted by molar-refractivity contribution is 4.99. The predicted octanol–water partition coefficient (Wildman–Crippen LogP) is 2.95. The van der Waals surface area contributed by atoms with Crippen molar-refractivity contribution in [3.05, 3.63) is 24.3 Å². The number of hydrogen-bond acceptors (Lipinski definition) is 3. The second-order valence-corrected chi connectivity index (χ2v) is 5.06. The first-order valence-corrected chi connectivity index (χ1v) is 6.79. The zero-order valence-electron chi connectivity index (χ0n) is 10.9. The smallest absolute Gasteiger partial charge is 0.145 e. The molecule has 0 spiro atoms. The van der Waals surface area contributed by atoms with Crippen molar-refractivity contribution in [2.24, 2.45) is 11.8 Å². The van der Waals surface area contributed by atoms with Gasteiger partial charge in [-0.25, -0.2) is 9.97 Å². The molecule has 1 aromatic rings. The maximum Gasteiger partial charge on any atom is 0.145 e. The summed E-state index contributed by atoms with van der Waals surface area (Å²) in [5, 5.41) is 3.40. The molecule has 1 aromatic heterocycles. The topological polar surface area (TPSA) is 37.8 Å². The summed E-state index contributed by atoms with van der Waals surface area (Å²) in [7, 11) is 2.02. The molecule has 0 bridgehead atoms. The molecule has 17 heavy (non-hydrogen) atoms. The fourth-order valence-electron chi connectivity index (χ4n) is 2.98. The van der Waals surface area contributed by atoms with Crippen molar-refractivity contribution in [1.82, 2.24) is 15.3 Å². The summed E-state index contributed by atoms with van der Waals surface area (Å²) in [4.78, 5) is 8.78. The maximum atomic E-state index is 4.39. The van der Waals surface area contributed by atoms with Crippen LogP contribution in [0.25, 0.3) is 0 Å². The molecule has 0 aliphatic heterocycles. The zero-order chi connectivity index (χ0) is 12.1. The van der Waals surface area contributed by atoms with Gasteiger partial charge in [-0.15, -0.1) is 0 Å². The quantitative estimate of drug-likeness (QED) is 0.869. The van der Waals surface area contributed by atoms with Gasteiger partial charge in [0.15, 0.2) is 0 Å². The summed E-state index contributed by atoms with van der Waals surface area (Å²) < 4.78 is 0. The van der Waals surface area contributed by atoms with E-state index in [9.17, 15) is 0 Å². The lowest BCUT2D eigenvalue weighted by Crippen LogP contribution is -2.30. The Morgan fingerprint density at radius 1 is 1.24 bits per heavy atom. The molecule has 1 unspecified atom stereocenters. The minimum atomic E-state index is 0.328. The second-order valence-electron chi connectivity index (χ2n) is 5.06. The Bertz CT molecular complexity index is 317. The Hall–Kier alpha value is -0.960. The Balaban J connectivity index is 2.00. The maximum absolute atomic E-state index is 4.39. The van der Waals surface area contributed by atoms with E-state index in [1.165, 1.54) is 32.1 Å². The molecule has 3 nitrogen and oxygen atoms in total. The molecule has 1 aliphatic carbocycles. The molecule has 1 heterocycles. The van der Waals surface area contributed by atoms with Gasteiger partial charge in [-0.05, 0) is 37.8 Å². The van der Waals surface area contributed by atoms with Crippen LogP contribution in [0.5, 0.6) is 0 Å². The second kappa shape index (κ2) is 6.10. The van der Waals surface area contributed by atoms with E-state index in [0.29, 0.717) is 12.0 Å². The average Bonchev–Trinajstić information content (AvgIpc) is 2.42. The number of nitrogens with zero attached hydrogens (tertiary/aromatic N) is 2. The van der Waals surface area contributed by atoms with Crippen molar-refractivity contribution in [1.29, 1.82) is 0 Å². The minimum Gasteiger partial charge on any atom is -0.310 e. The van der Waals surface area contributed by atoms with Crippen molar-refractivity contribution in [3.8, 4) is 0 Å². The zero-order valence-corrected chi connectivity index (χ0v) is 10.9. The van der Waals surface area contributed by atoms with E-state index in [0.717, 1.165) is 11.7 Å². The summed E-state index contributed by atoms with van der Waals surface area (Å²) in [5.41, 5.74) is 0. The summed E-state index contributed by atoms with van der Waals surface area (Å²) in [6, 6.07) is 2.21. The predicted molar refractivity (Wildman–Crippen MR) is 69.6 cm³/mol. The first-order chi connectivity index (χ1) is 8.35. The fourth-order valence-corrected chi connectivity index (χ4v) is 2.98. The molecule has 1 atom stereocenters. The highest BCUT2D eigenvalue weighted by atomic mass is 15.0. The normalized spacial score (nSPS) is 26.7. The third-order valence-corrected chi connectivity index (χ3v) is 4.12. The number of nitrogens with one attached hydrogen (secondary N) is 1. The SMILES string of the molecule is CCC1CCC(C(NC)c2ncccn2)CC1. The van der Waals surface area contributed by atoms with E-state index in [1.54, 1.807) is 0 Å². The van der Waals surface area contributed by atoms with Gasteiger partial charge in [0.25, 0.3) is 0 Å². The monoisotopic (exact) mass is 233 g/mol. The Morgan fingerprint density at radius 3 is 2.41 bits per heavy atom. The summed E-state index contributed by atoms with van der Waals surface area (Å²) in [6.07, 6.45) is 10.4. The lowest BCUT2D eigenvalue weighted by Gasteiger charge is -2.32. The molecule has 1 N–H and O–H groups in total. The largest absolute Gasteiger partial charge is 0.310 e. The molecule has 0 amide bonds. The highest BCUT2D eigenvalue weighted by Crippen LogP contribution is 2.36. The van der Waals surface area contributed by atoms with Gasteiger partial charge < -0.3 is 5.32 Å². The standard InChI is InChI=1S/C14H23N3/c1-3-11-5-7-12(8-6-11)13(15-2)14-16-9-4-10-17-14/h4,9-13,15H,3,5-8H2,1-2H3. The van der Waals surface area contributed by atoms with Crippen LogP contribution in [0.3, 0.4) is 0 Å². The van der Waals surface area contributed by atoms with Crippen molar-refractivity contribution in [3.63, 3.8) is 0 Å². The molecule has 1 fully saturated rings. The van der Waals surface area contributed by atoms with E-state index >= 15 is 0 Å². The molecule has 1 saturated carbocycles. The minimum absolute atomic E-state index is 0.328. The van der Waals surface area contributed by atoms with Crippen molar-refractivity contribution in [2.75, 3.05) is 7.05 Å². The van der Waals surface area contributed by atoms with Crippen LogP contribution in [0.1, 0.15) is 50.9 Å². The van der Waals surface area contributed by atoms with Crippen LogP contribution in [0.2, 0.25) is 0 Å². The van der Waals surface area contributed by atoms with Gasteiger partial charge in [0.1, 0.15) is 5.82 Å². The third kappa shape index (κ3) is 3.03. The first kappa shape index (κ1) is 12.5. The Morgan fingerprint density at radius 2 is 1.88 bits per heavy atom. The molecule has 0 saturated heterocycles. The third-order valence-electron chi connectivity index (χ3n) is 4.12. The van der Waals surface area contributed by atoms with E-state index in [-0.39, 0.29) is 0 Å². The lowest BCUT2D eigenvalue weighted by molar-refractivity contribution is 0.219. The average molecular weight is 233 g/mol. The van der Waals surface area contributed by atoms with Crippen LogP contribution < -0.4 is 5.32 Å². The van der Waals surface area contributed by atoms with Crippen molar-refractivity contribution < 1.29 is 0 Å². The molecule has 3 heteroatoms. The molecular formula is C14H23N3. The molecular weight excluding hydrogens is 210 g/mol. The Labute approximate surface area is 104 Å². The van der Waals surface area contributed by atoms with Crippen molar-refractivity contribution >= 4 is 0 Å². The fraction of sp³-hybridized carbons (Fsp3) is 0.714. The van der Waals surface area contributed by atoms with Crippen LogP contribution in [0.4, 0.5) is 0 Å².